The van der Waals surface area contributed by atoms with Gasteiger partial charge in [0.15, 0.2) is 0 Å². The molecule has 1 fully saturated rings. The highest BCUT2D eigenvalue weighted by molar-refractivity contribution is 5.79. The van der Waals surface area contributed by atoms with Crippen molar-refractivity contribution >= 4 is 17.7 Å². The molecular weight excluding hydrogens is 390 g/mol. The van der Waals surface area contributed by atoms with Crippen LogP contribution in [-0.4, -0.2) is 59.7 Å². The Labute approximate surface area is 187 Å². The van der Waals surface area contributed by atoms with E-state index in [4.69, 9.17) is 0 Å². The Balaban J connectivity index is 1.62. The third-order valence-electron chi connectivity index (χ3n) is 5.82. The van der Waals surface area contributed by atoms with Gasteiger partial charge < -0.3 is 15.1 Å². The molecule has 2 rings (SSSR count). The number of nitrogens with zero attached hydrogens (tertiary/aromatic N) is 2. The summed E-state index contributed by atoms with van der Waals surface area (Å²) in [5.41, 5.74) is 1.17. The van der Waals surface area contributed by atoms with Crippen LogP contribution in [0.2, 0.25) is 0 Å². The van der Waals surface area contributed by atoms with Crippen LogP contribution in [0.25, 0.3) is 0 Å². The summed E-state index contributed by atoms with van der Waals surface area (Å²) in [5.74, 6) is 0.364. The number of amides is 3. The Morgan fingerprint density at radius 2 is 1.61 bits per heavy atom. The molecule has 1 aliphatic heterocycles. The first-order valence-electron chi connectivity index (χ1n) is 11.9. The summed E-state index contributed by atoms with van der Waals surface area (Å²) in [5, 5.41) is 3.12. The van der Waals surface area contributed by atoms with Gasteiger partial charge in [-0.15, -0.1) is 0 Å². The van der Waals surface area contributed by atoms with Crippen LogP contribution in [-0.2, 0) is 20.8 Å². The molecule has 0 radical (unpaired) electrons. The molecule has 0 aliphatic carbocycles. The van der Waals surface area contributed by atoms with E-state index in [2.05, 4.69) is 19.2 Å². The average molecular weight is 430 g/mol. The molecular formula is C25H39N3O3. The molecule has 172 valence electrons. The van der Waals surface area contributed by atoms with Gasteiger partial charge in [0.25, 0.3) is 0 Å². The molecule has 0 unspecified atom stereocenters. The first-order valence-corrected chi connectivity index (χ1v) is 11.9. The van der Waals surface area contributed by atoms with Crippen molar-refractivity contribution in [3.05, 3.63) is 35.9 Å². The zero-order chi connectivity index (χ0) is 22.5. The molecule has 6 heteroatoms. The van der Waals surface area contributed by atoms with E-state index in [1.807, 2.05) is 40.1 Å². The second kappa shape index (κ2) is 13.8. The molecule has 0 atom stereocenters. The van der Waals surface area contributed by atoms with Crippen molar-refractivity contribution in [3.63, 3.8) is 0 Å². The normalized spacial score (nSPS) is 14.3. The fourth-order valence-electron chi connectivity index (χ4n) is 4.08. The van der Waals surface area contributed by atoms with Gasteiger partial charge in [0.05, 0.1) is 0 Å². The summed E-state index contributed by atoms with van der Waals surface area (Å²) < 4.78 is 0. The fourth-order valence-corrected chi connectivity index (χ4v) is 4.08. The van der Waals surface area contributed by atoms with E-state index in [-0.39, 0.29) is 23.8 Å². The minimum absolute atomic E-state index is 0.0795. The molecule has 1 heterocycles. The van der Waals surface area contributed by atoms with Crippen LogP contribution in [0.15, 0.2) is 30.3 Å². The molecule has 0 saturated carbocycles. The topological polar surface area (TPSA) is 69.7 Å². The Bertz CT molecular complexity index is 679. The summed E-state index contributed by atoms with van der Waals surface area (Å²) in [6, 6.07) is 10.2. The number of benzene rings is 1. The van der Waals surface area contributed by atoms with Crippen molar-refractivity contribution in [1.82, 2.24) is 15.1 Å². The van der Waals surface area contributed by atoms with E-state index in [1.54, 1.807) is 0 Å². The second-order valence-electron chi connectivity index (χ2n) is 8.44. The number of aryl methyl sites for hydroxylation is 1. The van der Waals surface area contributed by atoms with E-state index in [9.17, 15) is 14.4 Å². The lowest BCUT2D eigenvalue weighted by Gasteiger charge is -2.32. The number of hydrogen-bond donors (Lipinski definition) is 1. The van der Waals surface area contributed by atoms with Gasteiger partial charge in [-0.3, -0.25) is 14.4 Å². The van der Waals surface area contributed by atoms with Gasteiger partial charge in [0.1, 0.15) is 0 Å². The lowest BCUT2D eigenvalue weighted by atomic mass is 10.0. The summed E-state index contributed by atoms with van der Waals surface area (Å²) >= 11 is 0. The van der Waals surface area contributed by atoms with E-state index >= 15 is 0 Å². The third-order valence-corrected chi connectivity index (χ3v) is 5.82. The molecule has 0 bridgehead atoms. The molecule has 1 saturated heterocycles. The zero-order valence-electron chi connectivity index (χ0n) is 19.3. The van der Waals surface area contributed by atoms with Crippen molar-refractivity contribution in [2.24, 2.45) is 0 Å². The maximum Gasteiger partial charge on any atom is 0.222 e. The van der Waals surface area contributed by atoms with Crippen molar-refractivity contribution in [2.45, 2.75) is 77.7 Å². The Hall–Kier alpha value is -2.37. The van der Waals surface area contributed by atoms with Crippen LogP contribution in [0.4, 0.5) is 0 Å². The second-order valence-corrected chi connectivity index (χ2v) is 8.44. The molecule has 31 heavy (non-hydrogen) atoms. The van der Waals surface area contributed by atoms with Gasteiger partial charge >= 0.3 is 0 Å². The number of likely N-dealkylation sites (tertiary alicyclic amines) is 1. The predicted molar refractivity (Wildman–Crippen MR) is 124 cm³/mol. The van der Waals surface area contributed by atoms with Crippen molar-refractivity contribution < 1.29 is 14.4 Å². The summed E-state index contributed by atoms with van der Waals surface area (Å²) in [4.78, 5) is 40.9. The number of carbonyl (C=O) groups is 3. The smallest absolute Gasteiger partial charge is 0.222 e. The highest BCUT2D eigenvalue weighted by Gasteiger charge is 2.24. The first kappa shape index (κ1) is 24.9. The van der Waals surface area contributed by atoms with Crippen LogP contribution >= 0.6 is 0 Å². The van der Waals surface area contributed by atoms with E-state index in [0.717, 1.165) is 45.2 Å². The standard InChI is InChI=1S/C25H39N3O3/c1-3-17-27(18-4-2)24(30)11-8-12-25(31)28-19-15-22(16-20-28)26-23(29)14-13-21-9-6-5-7-10-21/h5-7,9-10,22H,3-4,8,11-20H2,1-2H3,(H,26,29). The van der Waals surface area contributed by atoms with Gasteiger partial charge in [0.2, 0.25) is 17.7 Å². The average Bonchev–Trinajstić information content (AvgIpc) is 2.78. The van der Waals surface area contributed by atoms with Crippen molar-refractivity contribution in [3.8, 4) is 0 Å². The van der Waals surface area contributed by atoms with Gasteiger partial charge in [-0.25, -0.2) is 0 Å². The Kier molecular flexibility index (Phi) is 11.1. The molecule has 0 spiro atoms. The van der Waals surface area contributed by atoms with Crippen molar-refractivity contribution in [2.75, 3.05) is 26.2 Å². The van der Waals surface area contributed by atoms with Gasteiger partial charge in [-0.05, 0) is 44.1 Å². The Morgan fingerprint density at radius 1 is 0.968 bits per heavy atom. The molecule has 1 aromatic carbocycles. The summed E-state index contributed by atoms with van der Waals surface area (Å²) in [6.45, 7) is 7.10. The van der Waals surface area contributed by atoms with Crippen LogP contribution in [0, 0.1) is 0 Å². The Morgan fingerprint density at radius 3 is 2.23 bits per heavy atom. The van der Waals surface area contributed by atoms with Crippen LogP contribution in [0.3, 0.4) is 0 Å². The quantitative estimate of drug-likeness (QED) is 0.552. The van der Waals surface area contributed by atoms with E-state index in [1.165, 1.54) is 5.56 Å². The minimum Gasteiger partial charge on any atom is -0.353 e. The number of carbonyl (C=O) groups excluding carboxylic acids is 3. The molecule has 1 aliphatic rings. The monoisotopic (exact) mass is 429 g/mol. The SMILES string of the molecule is CCCN(CCC)C(=O)CCCC(=O)N1CCC(NC(=O)CCc2ccccc2)CC1. The van der Waals surface area contributed by atoms with Gasteiger partial charge in [0, 0.05) is 51.5 Å². The first-order chi connectivity index (χ1) is 15.0. The van der Waals surface area contributed by atoms with Crippen molar-refractivity contribution in [1.29, 1.82) is 0 Å². The highest BCUT2D eigenvalue weighted by atomic mass is 16.2. The van der Waals surface area contributed by atoms with Crippen LogP contribution in [0.1, 0.15) is 70.8 Å². The van der Waals surface area contributed by atoms with E-state index in [0.29, 0.717) is 38.8 Å². The molecule has 1 aromatic rings. The number of piperidine rings is 1. The summed E-state index contributed by atoms with van der Waals surface area (Å²) in [6.07, 6.45) is 6.22. The van der Waals surface area contributed by atoms with E-state index < -0.39 is 0 Å². The summed E-state index contributed by atoms with van der Waals surface area (Å²) in [7, 11) is 0. The number of rotatable bonds is 12. The fraction of sp³-hybridized carbons (Fsp3) is 0.640. The number of hydrogen-bond acceptors (Lipinski definition) is 3. The largest absolute Gasteiger partial charge is 0.353 e. The zero-order valence-corrected chi connectivity index (χ0v) is 19.3. The maximum absolute atomic E-state index is 12.5. The predicted octanol–water partition coefficient (Wildman–Crippen LogP) is 3.55. The minimum atomic E-state index is 0.0795. The molecule has 0 aromatic heterocycles. The highest BCUT2D eigenvalue weighted by Crippen LogP contribution is 2.14. The molecule has 3 amide bonds. The van der Waals surface area contributed by atoms with Gasteiger partial charge in [-0.2, -0.15) is 0 Å². The van der Waals surface area contributed by atoms with Crippen LogP contribution < -0.4 is 5.32 Å². The maximum atomic E-state index is 12.5. The lowest BCUT2D eigenvalue weighted by Crippen LogP contribution is -2.46. The van der Waals surface area contributed by atoms with Crippen LogP contribution in [0.5, 0.6) is 0 Å². The third kappa shape index (κ3) is 9.11. The molecule has 6 nitrogen and oxygen atoms in total. The lowest BCUT2D eigenvalue weighted by molar-refractivity contribution is -0.133. The number of nitrogens with one attached hydrogen (secondary N) is 1. The molecule has 1 N–H and O–H groups in total. The van der Waals surface area contributed by atoms with Gasteiger partial charge in [-0.1, -0.05) is 44.2 Å².